The first-order valence-electron chi connectivity index (χ1n) is 9.90. The van der Waals surface area contributed by atoms with E-state index in [1.807, 2.05) is 6.92 Å². The third-order valence-corrected chi connectivity index (χ3v) is 6.90. The van der Waals surface area contributed by atoms with E-state index in [2.05, 4.69) is 15.5 Å². The molecule has 0 saturated heterocycles. The summed E-state index contributed by atoms with van der Waals surface area (Å²) in [5.74, 6) is 0.466. The van der Waals surface area contributed by atoms with Gasteiger partial charge in [0.15, 0.2) is 5.17 Å². The average Bonchev–Trinajstić information content (AvgIpc) is 3.34. The Bertz CT molecular complexity index is 1170. The van der Waals surface area contributed by atoms with Gasteiger partial charge in [-0.15, -0.1) is 0 Å². The number of aliphatic imine (C=N–C) groups is 1. The molecule has 2 aliphatic heterocycles. The summed E-state index contributed by atoms with van der Waals surface area (Å²) in [5, 5.41) is 7.20. The van der Waals surface area contributed by atoms with E-state index in [-0.39, 0.29) is 33.3 Å². The van der Waals surface area contributed by atoms with Crippen LogP contribution in [0.3, 0.4) is 0 Å². The molecule has 11 heteroatoms. The summed E-state index contributed by atoms with van der Waals surface area (Å²) in [6.07, 6.45) is -5.35. The maximum absolute atomic E-state index is 14.2. The summed E-state index contributed by atoms with van der Waals surface area (Å²) in [5.41, 5.74) is -1.45. The van der Waals surface area contributed by atoms with Gasteiger partial charge in [-0.2, -0.15) is 13.2 Å². The monoisotopic (exact) mass is 515 g/mol. The molecule has 2 aromatic rings. The van der Waals surface area contributed by atoms with Crippen LogP contribution in [0.5, 0.6) is 0 Å². The second-order valence-electron chi connectivity index (χ2n) is 7.87. The van der Waals surface area contributed by atoms with Gasteiger partial charge in [-0.3, -0.25) is 9.79 Å². The van der Waals surface area contributed by atoms with Crippen LogP contribution in [0, 0.1) is 6.92 Å². The highest BCUT2D eigenvalue weighted by atomic mass is 35.5. The lowest BCUT2D eigenvalue weighted by molar-refractivity contribution is -0.275. The van der Waals surface area contributed by atoms with E-state index in [0.29, 0.717) is 21.9 Å². The fraction of sp³-hybridized carbons (Fsp3) is 0.318. The molecule has 2 heterocycles. The molecule has 2 atom stereocenters. The zero-order valence-corrected chi connectivity index (χ0v) is 19.8. The molecule has 4 rings (SSSR count). The standard InChI is InChI=1S/C22H18Cl2F3N3O2S/c1-11-5-13(3-4-17(11)19(31)29-20-28-12(2)10-33-20)18-9-21(32-30-18,22(25,26)27)14-6-15(23)8-16(24)7-14/h3-8,12H,9-10H2,1-2H3,(H,28,29,31). The molecular formula is C22H18Cl2F3N3O2S. The van der Waals surface area contributed by atoms with Gasteiger partial charge in [0.05, 0.1) is 11.8 Å². The minimum Gasteiger partial charge on any atom is -0.374 e. The molecule has 1 N–H and O–H groups in total. The Hall–Kier alpha value is -2.23. The quantitative estimate of drug-likeness (QED) is 0.536. The third kappa shape index (κ3) is 4.72. The predicted octanol–water partition coefficient (Wildman–Crippen LogP) is 6.11. The Morgan fingerprint density at radius 3 is 2.48 bits per heavy atom. The van der Waals surface area contributed by atoms with Gasteiger partial charge in [0.2, 0.25) is 0 Å². The molecule has 33 heavy (non-hydrogen) atoms. The van der Waals surface area contributed by atoms with Gasteiger partial charge in [-0.1, -0.05) is 46.2 Å². The number of hydrogen-bond donors (Lipinski definition) is 1. The van der Waals surface area contributed by atoms with Gasteiger partial charge in [-0.05, 0) is 55.3 Å². The summed E-state index contributed by atoms with van der Waals surface area (Å²) in [6.45, 7) is 3.66. The molecule has 0 aliphatic carbocycles. The number of nitrogens with zero attached hydrogens (tertiary/aromatic N) is 2. The van der Waals surface area contributed by atoms with E-state index in [9.17, 15) is 18.0 Å². The van der Waals surface area contributed by atoms with Crippen molar-refractivity contribution in [3.63, 3.8) is 0 Å². The fourth-order valence-electron chi connectivity index (χ4n) is 3.65. The number of halogens is 5. The van der Waals surface area contributed by atoms with Crippen molar-refractivity contribution >= 4 is 51.8 Å². The Kier molecular flexibility index (Phi) is 6.41. The van der Waals surface area contributed by atoms with Crippen molar-refractivity contribution in [3.05, 3.63) is 68.7 Å². The summed E-state index contributed by atoms with van der Waals surface area (Å²) in [6, 6.07) is 8.53. The van der Waals surface area contributed by atoms with Crippen molar-refractivity contribution < 1.29 is 22.8 Å². The Labute approximate surface area is 202 Å². The van der Waals surface area contributed by atoms with Gasteiger partial charge in [0.1, 0.15) is 0 Å². The molecule has 1 amide bonds. The first kappa shape index (κ1) is 23.9. The number of carbonyl (C=O) groups is 1. The lowest BCUT2D eigenvalue weighted by Gasteiger charge is -2.29. The molecule has 0 spiro atoms. The molecule has 2 unspecified atom stereocenters. The number of carbonyl (C=O) groups excluding carboxylic acids is 1. The van der Waals surface area contributed by atoms with Gasteiger partial charge >= 0.3 is 6.18 Å². The van der Waals surface area contributed by atoms with Crippen LogP contribution in [0.1, 0.15) is 40.4 Å². The van der Waals surface area contributed by atoms with Crippen LogP contribution < -0.4 is 5.32 Å². The largest absolute Gasteiger partial charge is 0.435 e. The van der Waals surface area contributed by atoms with E-state index in [1.165, 1.54) is 30.0 Å². The third-order valence-electron chi connectivity index (χ3n) is 5.34. The Morgan fingerprint density at radius 1 is 1.21 bits per heavy atom. The lowest BCUT2D eigenvalue weighted by Crippen LogP contribution is -2.42. The fourth-order valence-corrected chi connectivity index (χ4v) is 5.07. The van der Waals surface area contributed by atoms with Gasteiger partial charge in [0.25, 0.3) is 11.5 Å². The number of nitrogens with one attached hydrogen (secondary N) is 1. The number of amides is 1. The molecular weight excluding hydrogens is 498 g/mol. The summed E-state index contributed by atoms with van der Waals surface area (Å²) >= 11 is 13.3. The van der Waals surface area contributed by atoms with Crippen LogP contribution in [0.2, 0.25) is 10.0 Å². The number of amidine groups is 1. The maximum atomic E-state index is 14.2. The van der Waals surface area contributed by atoms with E-state index in [0.717, 1.165) is 5.75 Å². The molecule has 2 aliphatic rings. The highest BCUT2D eigenvalue weighted by Gasteiger charge is 2.62. The number of rotatable bonds is 3. The Balaban J connectivity index is 1.59. The number of hydrogen-bond acceptors (Lipinski definition) is 5. The second kappa shape index (κ2) is 8.85. The molecule has 0 fully saturated rings. The van der Waals surface area contributed by atoms with Gasteiger partial charge < -0.3 is 10.2 Å². The Morgan fingerprint density at radius 2 is 1.91 bits per heavy atom. The number of alkyl halides is 3. The van der Waals surface area contributed by atoms with Crippen molar-refractivity contribution in [1.29, 1.82) is 0 Å². The molecule has 0 aromatic heterocycles. The normalized spacial score (nSPS) is 22.6. The maximum Gasteiger partial charge on any atom is 0.435 e. The van der Waals surface area contributed by atoms with E-state index in [1.54, 1.807) is 25.1 Å². The van der Waals surface area contributed by atoms with Crippen LogP contribution in [0.4, 0.5) is 13.2 Å². The molecule has 174 valence electrons. The smallest absolute Gasteiger partial charge is 0.374 e. The molecule has 0 radical (unpaired) electrons. The molecule has 2 aromatic carbocycles. The highest BCUT2D eigenvalue weighted by Crippen LogP contribution is 2.49. The summed E-state index contributed by atoms with van der Waals surface area (Å²) in [4.78, 5) is 22.0. The average molecular weight is 516 g/mol. The number of oxime groups is 1. The minimum absolute atomic E-state index is 0.0591. The minimum atomic E-state index is -4.78. The summed E-state index contributed by atoms with van der Waals surface area (Å²) in [7, 11) is 0. The number of benzene rings is 2. The van der Waals surface area contributed by atoms with Crippen molar-refractivity contribution in [2.45, 2.75) is 38.1 Å². The SMILES string of the molecule is Cc1cc(C2=NOC(c3cc(Cl)cc(Cl)c3)(C(F)(F)F)C2)ccc1C(=O)NC1=NC(C)CS1. The predicted molar refractivity (Wildman–Crippen MR) is 124 cm³/mol. The van der Waals surface area contributed by atoms with Gasteiger partial charge in [-0.25, -0.2) is 0 Å². The first-order chi connectivity index (χ1) is 15.5. The highest BCUT2D eigenvalue weighted by molar-refractivity contribution is 8.14. The van der Waals surface area contributed by atoms with Gasteiger partial charge in [0, 0.05) is 33.3 Å². The zero-order chi connectivity index (χ0) is 24.0. The molecule has 0 saturated carbocycles. The van der Waals surface area contributed by atoms with Crippen LogP contribution in [0.15, 0.2) is 46.5 Å². The van der Waals surface area contributed by atoms with E-state index >= 15 is 0 Å². The van der Waals surface area contributed by atoms with Crippen molar-refractivity contribution in [2.24, 2.45) is 10.1 Å². The van der Waals surface area contributed by atoms with Crippen LogP contribution >= 0.6 is 35.0 Å². The van der Waals surface area contributed by atoms with Crippen LogP contribution in [-0.2, 0) is 10.4 Å². The van der Waals surface area contributed by atoms with Crippen LogP contribution in [0.25, 0.3) is 0 Å². The first-order valence-corrected chi connectivity index (χ1v) is 11.6. The zero-order valence-electron chi connectivity index (χ0n) is 17.5. The second-order valence-corrected chi connectivity index (χ2v) is 9.75. The summed E-state index contributed by atoms with van der Waals surface area (Å²) < 4.78 is 42.5. The van der Waals surface area contributed by atoms with Crippen molar-refractivity contribution in [2.75, 3.05) is 5.75 Å². The lowest BCUT2D eigenvalue weighted by atomic mass is 9.86. The molecule has 5 nitrogen and oxygen atoms in total. The van der Waals surface area contributed by atoms with Crippen molar-refractivity contribution in [1.82, 2.24) is 5.32 Å². The molecule has 0 bridgehead atoms. The van der Waals surface area contributed by atoms with Crippen LogP contribution in [-0.4, -0.2) is 34.8 Å². The number of thioether (sulfide) groups is 1. The van der Waals surface area contributed by atoms with Crippen molar-refractivity contribution in [3.8, 4) is 0 Å². The number of aryl methyl sites for hydroxylation is 1. The van der Waals surface area contributed by atoms with E-state index < -0.39 is 18.2 Å². The van der Waals surface area contributed by atoms with E-state index in [4.69, 9.17) is 28.0 Å². The topological polar surface area (TPSA) is 63.0 Å².